The Hall–Kier alpha value is -0.780. The number of para-hydroxylation sites is 1. The third-order valence-corrected chi connectivity index (χ3v) is 3.06. The zero-order valence-electron chi connectivity index (χ0n) is 11.1. The predicted octanol–water partition coefficient (Wildman–Crippen LogP) is 2.49. The third-order valence-electron chi connectivity index (χ3n) is 2.41. The summed E-state index contributed by atoms with van der Waals surface area (Å²) in [6.45, 7) is 4.20. The van der Waals surface area contributed by atoms with E-state index in [-0.39, 0.29) is 24.4 Å². The van der Waals surface area contributed by atoms with Crippen molar-refractivity contribution in [3.8, 4) is 5.75 Å². The molecule has 0 saturated carbocycles. The smallest absolute Gasteiger partial charge is 0.260 e. The van der Waals surface area contributed by atoms with Crippen LogP contribution in [0.4, 0.5) is 0 Å². The summed E-state index contributed by atoms with van der Waals surface area (Å²) in [5.41, 5.74) is 5.61. The number of hydrogen-bond acceptors (Lipinski definition) is 3. The van der Waals surface area contributed by atoms with Gasteiger partial charge < -0.3 is 15.8 Å². The van der Waals surface area contributed by atoms with Crippen LogP contribution in [0.2, 0.25) is 0 Å². The van der Waals surface area contributed by atoms with E-state index >= 15 is 0 Å². The summed E-state index contributed by atoms with van der Waals surface area (Å²) in [6.07, 6.45) is 0.227. The van der Waals surface area contributed by atoms with Gasteiger partial charge in [0.05, 0.1) is 4.47 Å². The van der Waals surface area contributed by atoms with Gasteiger partial charge >= 0.3 is 0 Å². The molecule has 0 aliphatic heterocycles. The summed E-state index contributed by atoms with van der Waals surface area (Å²) < 4.78 is 6.41. The Labute approximate surface area is 128 Å². The Bertz CT molecular complexity index is 402. The van der Waals surface area contributed by atoms with E-state index in [2.05, 4.69) is 21.2 Å². The Kier molecular flexibility index (Phi) is 8.80. The van der Waals surface area contributed by atoms with Crippen molar-refractivity contribution in [2.75, 3.05) is 6.54 Å². The van der Waals surface area contributed by atoms with E-state index in [1.54, 1.807) is 6.92 Å². The van der Waals surface area contributed by atoms with Gasteiger partial charge in [-0.3, -0.25) is 4.79 Å². The molecule has 0 fully saturated rings. The van der Waals surface area contributed by atoms with Crippen LogP contribution in [0, 0.1) is 0 Å². The fourth-order valence-electron chi connectivity index (χ4n) is 1.35. The van der Waals surface area contributed by atoms with Crippen LogP contribution in [0.1, 0.15) is 20.3 Å². The minimum Gasteiger partial charge on any atom is -0.480 e. The monoisotopic (exact) mass is 350 g/mol. The first-order chi connectivity index (χ1) is 8.50. The van der Waals surface area contributed by atoms with Crippen LogP contribution in [0.15, 0.2) is 28.7 Å². The quantitative estimate of drug-likeness (QED) is 0.827. The number of carbonyl (C=O) groups is 1. The molecular formula is C13H20BrClN2O2. The maximum atomic E-state index is 11.7. The van der Waals surface area contributed by atoms with Crippen LogP contribution in [0.25, 0.3) is 0 Å². The second kappa shape index (κ2) is 9.18. The molecule has 3 N–H and O–H groups in total. The first-order valence-electron chi connectivity index (χ1n) is 5.95. The molecule has 19 heavy (non-hydrogen) atoms. The molecule has 1 rings (SSSR count). The molecule has 1 aromatic carbocycles. The lowest BCUT2D eigenvalue weighted by atomic mass is 10.2. The van der Waals surface area contributed by atoms with E-state index in [9.17, 15) is 4.79 Å². The average molecular weight is 352 g/mol. The zero-order chi connectivity index (χ0) is 13.5. The average Bonchev–Trinajstić information content (AvgIpc) is 2.31. The van der Waals surface area contributed by atoms with Crippen LogP contribution >= 0.6 is 28.3 Å². The lowest BCUT2D eigenvalue weighted by molar-refractivity contribution is -0.127. The van der Waals surface area contributed by atoms with Gasteiger partial charge in [0.2, 0.25) is 0 Å². The van der Waals surface area contributed by atoms with Crippen LogP contribution < -0.4 is 15.8 Å². The van der Waals surface area contributed by atoms with Crippen LogP contribution in [0.3, 0.4) is 0 Å². The van der Waals surface area contributed by atoms with Gasteiger partial charge in [-0.1, -0.05) is 12.1 Å². The van der Waals surface area contributed by atoms with Gasteiger partial charge in [0.25, 0.3) is 5.91 Å². The van der Waals surface area contributed by atoms with Gasteiger partial charge in [0, 0.05) is 12.6 Å². The molecule has 108 valence electrons. The van der Waals surface area contributed by atoms with Gasteiger partial charge in [-0.05, 0) is 48.3 Å². The van der Waals surface area contributed by atoms with Crippen LogP contribution in [-0.4, -0.2) is 24.6 Å². The third kappa shape index (κ3) is 6.80. The van der Waals surface area contributed by atoms with Crippen molar-refractivity contribution in [3.05, 3.63) is 28.7 Å². The number of ether oxygens (including phenoxy) is 1. The largest absolute Gasteiger partial charge is 0.480 e. The molecule has 0 aromatic heterocycles. The number of halogens is 2. The number of amides is 1. The van der Waals surface area contributed by atoms with Crippen molar-refractivity contribution in [2.45, 2.75) is 32.4 Å². The molecule has 1 aromatic rings. The Morgan fingerprint density at radius 2 is 2.05 bits per heavy atom. The fraction of sp³-hybridized carbons (Fsp3) is 0.462. The molecule has 0 radical (unpaired) electrons. The summed E-state index contributed by atoms with van der Waals surface area (Å²) in [5, 5.41) is 2.79. The molecule has 0 heterocycles. The van der Waals surface area contributed by atoms with Crippen LogP contribution in [0.5, 0.6) is 5.75 Å². The molecular weight excluding hydrogens is 332 g/mol. The second-order valence-electron chi connectivity index (χ2n) is 4.25. The van der Waals surface area contributed by atoms with E-state index in [0.717, 1.165) is 10.9 Å². The van der Waals surface area contributed by atoms with Gasteiger partial charge in [0.15, 0.2) is 6.10 Å². The first-order valence-corrected chi connectivity index (χ1v) is 6.74. The molecule has 4 nitrogen and oxygen atoms in total. The lowest BCUT2D eigenvalue weighted by Crippen LogP contribution is -2.38. The Morgan fingerprint density at radius 3 is 2.63 bits per heavy atom. The summed E-state index contributed by atoms with van der Waals surface area (Å²) in [7, 11) is 0. The SMILES string of the molecule is CC(N)CCNC(=O)C(C)Oc1ccccc1Br.Cl. The molecule has 2 unspecified atom stereocenters. The highest BCUT2D eigenvalue weighted by Gasteiger charge is 2.15. The van der Waals surface area contributed by atoms with Gasteiger partial charge in [-0.2, -0.15) is 0 Å². The normalized spacial score (nSPS) is 13.1. The lowest BCUT2D eigenvalue weighted by Gasteiger charge is -2.16. The summed E-state index contributed by atoms with van der Waals surface area (Å²) in [4.78, 5) is 11.7. The number of nitrogens with one attached hydrogen (secondary N) is 1. The summed E-state index contributed by atoms with van der Waals surface area (Å²) in [5.74, 6) is 0.527. The van der Waals surface area contributed by atoms with Gasteiger partial charge in [-0.15, -0.1) is 12.4 Å². The topological polar surface area (TPSA) is 64.3 Å². The number of benzene rings is 1. The van der Waals surface area contributed by atoms with E-state index in [1.807, 2.05) is 31.2 Å². The highest BCUT2D eigenvalue weighted by atomic mass is 79.9. The van der Waals surface area contributed by atoms with E-state index in [0.29, 0.717) is 12.3 Å². The fourth-order valence-corrected chi connectivity index (χ4v) is 1.73. The molecule has 1 amide bonds. The zero-order valence-corrected chi connectivity index (χ0v) is 13.5. The number of nitrogens with two attached hydrogens (primary N) is 1. The molecule has 0 bridgehead atoms. The molecule has 0 saturated heterocycles. The molecule has 2 atom stereocenters. The van der Waals surface area contributed by atoms with Gasteiger partial charge in [-0.25, -0.2) is 0 Å². The van der Waals surface area contributed by atoms with E-state index in [4.69, 9.17) is 10.5 Å². The summed E-state index contributed by atoms with van der Waals surface area (Å²) in [6, 6.07) is 7.53. The number of hydrogen-bond donors (Lipinski definition) is 2. The molecule has 0 aliphatic rings. The van der Waals surface area contributed by atoms with Gasteiger partial charge in [0.1, 0.15) is 5.75 Å². The standard InChI is InChI=1S/C13H19BrN2O2.ClH/c1-9(15)7-8-16-13(17)10(2)18-12-6-4-3-5-11(12)14;/h3-6,9-10H,7-8,15H2,1-2H3,(H,16,17);1H. The number of carbonyl (C=O) groups excluding carboxylic acids is 1. The minimum absolute atomic E-state index is 0. The van der Waals surface area contributed by atoms with Crippen molar-refractivity contribution in [2.24, 2.45) is 5.73 Å². The van der Waals surface area contributed by atoms with Crippen molar-refractivity contribution < 1.29 is 9.53 Å². The van der Waals surface area contributed by atoms with Crippen molar-refractivity contribution >= 4 is 34.2 Å². The highest BCUT2D eigenvalue weighted by Crippen LogP contribution is 2.24. The van der Waals surface area contributed by atoms with Crippen molar-refractivity contribution in [1.82, 2.24) is 5.32 Å². The van der Waals surface area contributed by atoms with Crippen LogP contribution in [-0.2, 0) is 4.79 Å². The van der Waals surface area contributed by atoms with E-state index < -0.39 is 6.10 Å². The predicted molar refractivity (Wildman–Crippen MR) is 82.8 cm³/mol. The molecule has 0 aliphatic carbocycles. The van der Waals surface area contributed by atoms with E-state index in [1.165, 1.54) is 0 Å². The second-order valence-corrected chi connectivity index (χ2v) is 5.10. The minimum atomic E-state index is -0.531. The number of rotatable bonds is 6. The van der Waals surface area contributed by atoms with Crippen molar-refractivity contribution in [1.29, 1.82) is 0 Å². The molecule has 0 spiro atoms. The maximum absolute atomic E-state index is 11.7. The highest BCUT2D eigenvalue weighted by molar-refractivity contribution is 9.10. The van der Waals surface area contributed by atoms with Crippen molar-refractivity contribution in [3.63, 3.8) is 0 Å². The Balaban J connectivity index is 0.00000324. The summed E-state index contributed by atoms with van der Waals surface area (Å²) >= 11 is 3.37. The maximum Gasteiger partial charge on any atom is 0.260 e. The Morgan fingerprint density at radius 1 is 1.42 bits per heavy atom. The first kappa shape index (κ1) is 18.2. The molecule has 6 heteroatoms.